The Balaban J connectivity index is 2.06. The van der Waals surface area contributed by atoms with Crippen LogP contribution < -0.4 is 5.32 Å². The van der Waals surface area contributed by atoms with Crippen LogP contribution in [0.2, 0.25) is 0 Å². The molecular formula is C13H17BrFNO. The number of hydrogen-bond acceptors (Lipinski definition) is 2. The van der Waals surface area contributed by atoms with Gasteiger partial charge < -0.3 is 10.1 Å². The summed E-state index contributed by atoms with van der Waals surface area (Å²) in [6, 6.07) is 5.28. The number of hydrogen-bond donors (Lipinski definition) is 1. The number of ether oxygens (including phenoxy) is 1. The standard InChI is InChI=1S/C13H17BrFNO/c1-16-12(13-3-2-4-17-13)7-9-5-10(14)8-11(15)6-9/h5-6,8,12-13,16H,2-4,7H2,1H3. The molecule has 1 aliphatic heterocycles. The summed E-state index contributed by atoms with van der Waals surface area (Å²) in [6.07, 6.45) is 3.25. The van der Waals surface area contributed by atoms with E-state index in [1.807, 2.05) is 13.1 Å². The van der Waals surface area contributed by atoms with Crippen molar-refractivity contribution in [1.82, 2.24) is 5.32 Å². The van der Waals surface area contributed by atoms with Gasteiger partial charge in [-0.15, -0.1) is 0 Å². The van der Waals surface area contributed by atoms with E-state index >= 15 is 0 Å². The van der Waals surface area contributed by atoms with Crippen LogP contribution in [0.3, 0.4) is 0 Å². The number of halogens is 2. The molecule has 0 saturated carbocycles. The lowest BCUT2D eigenvalue weighted by atomic mass is 9.99. The van der Waals surface area contributed by atoms with Gasteiger partial charge in [0.15, 0.2) is 0 Å². The Bertz CT molecular complexity index is 359. The fourth-order valence-corrected chi connectivity index (χ4v) is 2.83. The third-order valence-corrected chi connectivity index (χ3v) is 3.62. The molecule has 1 N–H and O–H groups in total. The van der Waals surface area contributed by atoms with Crippen molar-refractivity contribution in [2.75, 3.05) is 13.7 Å². The van der Waals surface area contributed by atoms with Gasteiger partial charge in [-0.1, -0.05) is 15.9 Å². The van der Waals surface area contributed by atoms with Crippen molar-refractivity contribution in [3.05, 3.63) is 34.1 Å². The van der Waals surface area contributed by atoms with Crippen molar-refractivity contribution < 1.29 is 9.13 Å². The molecule has 1 aromatic rings. The second-order valence-electron chi connectivity index (χ2n) is 4.43. The molecule has 0 aromatic heterocycles. The molecule has 0 radical (unpaired) electrons. The molecule has 2 atom stereocenters. The highest BCUT2D eigenvalue weighted by Crippen LogP contribution is 2.21. The van der Waals surface area contributed by atoms with Crippen molar-refractivity contribution in [3.63, 3.8) is 0 Å². The maximum Gasteiger partial charge on any atom is 0.124 e. The van der Waals surface area contributed by atoms with Gasteiger partial charge in [0, 0.05) is 17.1 Å². The number of benzene rings is 1. The molecule has 0 amide bonds. The average molecular weight is 302 g/mol. The number of likely N-dealkylation sites (N-methyl/N-ethyl adjacent to an activating group) is 1. The molecule has 2 rings (SSSR count). The smallest absolute Gasteiger partial charge is 0.124 e. The molecule has 2 unspecified atom stereocenters. The van der Waals surface area contributed by atoms with Crippen molar-refractivity contribution in [2.24, 2.45) is 0 Å². The van der Waals surface area contributed by atoms with Crippen molar-refractivity contribution in [2.45, 2.75) is 31.4 Å². The monoisotopic (exact) mass is 301 g/mol. The Morgan fingerprint density at radius 3 is 2.94 bits per heavy atom. The third kappa shape index (κ3) is 3.50. The average Bonchev–Trinajstić information content (AvgIpc) is 2.77. The topological polar surface area (TPSA) is 21.3 Å². The van der Waals surface area contributed by atoms with Crippen LogP contribution in [0.4, 0.5) is 4.39 Å². The van der Waals surface area contributed by atoms with E-state index in [9.17, 15) is 4.39 Å². The zero-order valence-electron chi connectivity index (χ0n) is 9.88. The Kier molecular flexibility index (Phi) is 4.54. The van der Waals surface area contributed by atoms with Gasteiger partial charge in [0.25, 0.3) is 0 Å². The highest BCUT2D eigenvalue weighted by Gasteiger charge is 2.24. The minimum Gasteiger partial charge on any atom is -0.377 e. The summed E-state index contributed by atoms with van der Waals surface area (Å²) in [7, 11) is 1.93. The third-order valence-electron chi connectivity index (χ3n) is 3.16. The van der Waals surface area contributed by atoms with Crippen LogP contribution in [0.1, 0.15) is 18.4 Å². The Hall–Kier alpha value is -0.450. The van der Waals surface area contributed by atoms with Crippen molar-refractivity contribution >= 4 is 15.9 Å². The molecule has 94 valence electrons. The van der Waals surface area contributed by atoms with Crippen LogP contribution in [0, 0.1) is 5.82 Å². The molecule has 0 bridgehead atoms. The number of rotatable bonds is 4. The zero-order chi connectivity index (χ0) is 12.3. The second-order valence-corrected chi connectivity index (χ2v) is 5.34. The van der Waals surface area contributed by atoms with Gasteiger partial charge in [0.05, 0.1) is 6.10 Å². The van der Waals surface area contributed by atoms with E-state index in [0.717, 1.165) is 35.9 Å². The molecule has 0 aliphatic carbocycles. The fourth-order valence-electron chi connectivity index (χ4n) is 2.32. The summed E-state index contributed by atoms with van der Waals surface area (Å²) in [4.78, 5) is 0. The van der Waals surface area contributed by atoms with Gasteiger partial charge in [0.2, 0.25) is 0 Å². The molecule has 1 aromatic carbocycles. The van der Waals surface area contributed by atoms with Gasteiger partial charge in [-0.3, -0.25) is 0 Å². The lowest BCUT2D eigenvalue weighted by Gasteiger charge is -2.22. The van der Waals surface area contributed by atoms with Crippen LogP contribution in [0.15, 0.2) is 22.7 Å². The van der Waals surface area contributed by atoms with E-state index in [0.29, 0.717) is 0 Å². The van der Waals surface area contributed by atoms with Crippen LogP contribution in [0.25, 0.3) is 0 Å². The highest BCUT2D eigenvalue weighted by atomic mass is 79.9. The molecule has 1 fully saturated rings. The number of nitrogens with one attached hydrogen (secondary N) is 1. The lowest BCUT2D eigenvalue weighted by Crippen LogP contribution is -2.39. The van der Waals surface area contributed by atoms with Gasteiger partial charge in [-0.05, 0) is 50.1 Å². The summed E-state index contributed by atoms with van der Waals surface area (Å²) in [5, 5.41) is 3.27. The fraction of sp³-hybridized carbons (Fsp3) is 0.538. The summed E-state index contributed by atoms with van der Waals surface area (Å²) < 4.78 is 19.7. The van der Waals surface area contributed by atoms with Gasteiger partial charge in [-0.2, -0.15) is 0 Å². The minimum absolute atomic E-state index is 0.198. The van der Waals surface area contributed by atoms with E-state index in [2.05, 4.69) is 21.2 Å². The quantitative estimate of drug-likeness (QED) is 0.923. The zero-order valence-corrected chi connectivity index (χ0v) is 11.5. The Labute approximate surface area is 110 Å². The first-order valence-corrected chi connectivity index (χ1v) is 6.72. The van der Waals surface area contributed by atoms with E-state index in [-0.39, 0.29) is 18.0 Å². The Morgan fingerprint density at radius 1 is 1.53 bits per heavy atom. The second kappa shape index (κ2) is 5.94. The maximum atomic E-state index is 13.3. The van der Waals surface area contributed by atoms with E-state index < -0.39 is 0 Å². The SMILES string of the molecule is CNC(Cc1cc(F)cc(Br)c1)C1CCCO1. The van der Waals surface area contributed by atoms with Gasteiger partial charge in [-0.25, -0.2) is 4.39 Å². The molecule has 1 heterocycles. The normalized spacial score (nSPS) is 21.7. The van der Waals surface area contributed by atoms with Crippen molar-refractivity contribution in [1.29, 1.82) is 0 Å². The maximum absolute atomic E-state index is 13.3. The van der Waals surface area contributed by atoms with Gasteiger partial charge in [0.1, 0.15) is 5.82 Å². The predicted molar refractivity (Wildman–Crippen MR) is 69.6 cm³/mol. The highest BCUT2D eigenvalue weighted by molar-refractivity contribution is 9.10. The Morgan fingerprint density at radius 2 is 2.35 bits per heavy atom. The molecule has 17 heavy (non-hydrogen) atoms. The van der Waals surface area contributed by atoms with Crippen LogP contribution in [-0.2, 0) is 11.2 Å². The largest absolute Gasteiger partial charge is 0.377 e. The van der Waals surface area contributed by atoms with Gasteiger partial charge >= 0.3 is 0 Å². The summed E-state index contributed by atoms with van der Waals surface area (Å²) in [5.74, 6) is -0.198. The van der Waals surface area contributed by atoms with E-state index in [1.165, 1.54) is 6.07 Å². The first kappa shape index (κ1) is 13.0. The molecule has 0 spiro atoms. The molecule has 1 aliphatic rings. The molecule has 4 heteroatoms. The molecule has 1 saturated heterocycles. The minimum atomic E-state index is -0.198. The summed E-state index contributed by atoms with van der Waals surface area (Å²) >= 11 is 3.32. The van der Waals surface area contributed by atoms with E-state index in [1.54, 1.807) is 6.07 Å². The molecule has 2 nitrogen and oxygen atoms in total. The summed E-state index contributed by atoms with van der Waals surface area (Å²) in [6.45, 7) is 0.843. The first-order chi connectivity index (χ1) is 8.19. The first-order valence-electron chi connectivity index (χ1n) is 5.93. The summed E-state index contributed by atoms with van der Waals surface area (Å²) in [5.41, 5.74) is 0.992. The predicted octanol–water partition coefficient (Wildman–Crippen LogP) is 2.90. The van der Waals surface area contributed by atoms with Crippen molar-refractivity contribution in [3.8, 4) is 0 Å². The van der Waals surface area contributed by atoms with Crippen LogP contribution in [-0.4, -0.2) is 25.8 Å². The van der Waals surface area contributed by atoms with Crippen LogP contribution >= 0.6 is 15.9 Å². The lowest BCUT2D eigenvalue weighted by molar-refractivity contribution is 0.0808. The molecular weight excluding hydrogens is 285 g/mol. The van der Waals surface area contributed by atoms with Crippen LogP contribution in [0.5, 0.6) is 0 Å². The van der Waals surface area contributed by atoms with E-state index in [4.69, 9.17) is 4.74 Å².